The van der Waals surface area contributed by atoms with Crippen LogP contribution in [0.4, 0.5) is 41.7 Å². The lowest BCUT2D eigenvalue weighted by atomic mass is 9.49. The number of hydrogen-bond acceptors (Lipinski definition) is 12. The van der Waals surface area contributed by atoms with Crippen molar-refractivity contribution in [3.8, 4) is 17.2 Å². The summed E-state index contributed by atoms with van der Waals surface area (Å²) in [5, 5.41) is 21.1. The van der Waals surface area contributed by atoms with Gasteiger partial charge in [-0.1, -0.05) is 47.0 Å². The molecule has 0 bridgehead atoms. The number of azo groups is 1. The van der Waals surface area contributed by atoms with Crippen molar-refractivity contribution in [3.63, 3.8) is 0 Å². The van der Waals surface area contributed by atoms with E-state index in [-0.39, 0.29) is 41.2 Å². The molecular weight excluding hydrogens is 914 g/mol. The van der Waals surface area contributed by atoms with Crippen molar-refractivity contribution in [3.05, 3.63) is 136 Å². The third-order valence-electron chi connectivity index (χ3n) is 13.2. The molecule has 14 nitrogen and oxygen atoms in total. The van der Waals surface area contributed by atoms with Gasteiger partial charge in [-0.15, -0.1) is 0 Å². The average Bonchev–Trinajstić information content (AvgIpc) is 3.69. The Morgan fingerprint density at radius 3 is 2.10 bits per heavy atom. The third-order valence-corrected chi connectivity index (χ3v) is 13.7. The SMILES string of the molecule is COc1cc(O)c([C@H]2C3=CC[C@@H]4C(=O)N(c5ccc(N=Nc6ccc(N(C)C)cc6)cc5)C(=O)[C@@H]4[C@@H]3C[C@H]3C(=O)N(Nc4ncc(C(F)(F)F)cc4Cl)C(=O)[C@@]23c2ccc(Cl)cc2)c(OC)c1. The predicted octanol–water partition coefficient (Wildman–Crippen LogP) is 9.80. The van der Waals surface area contributed by atoms with E-state index in [9.17, 15) is 27.9 Å². The van der Waals surface area contributed by atoms with Crippen molar-refractivity contribution < 1.29 is 46.9 Å². The summed E-state index contributed by atoms with van der Waals surface area (Å²) in [5.41, 5.74) is 2.75. The molecule has 6 atom stereocenters. The second kappa shape index (κ2) is 17.0. The van der Waals surface area contributed by atoms with E-state index in [4.69, 9.17) is 32.7 Å². The summed E-state index contributed by atoms with van der Waals surface area (Å²) in [6, 6.07) is 23.6. The van der Waals surface area contributed by atoms with Crippen molar-refractivity contribution in [2.45, 2.75) is 30.4 Å². The van der Waals surface area contributed by atoms with Gasteiger partial charge in [-0.3, -0.25) is 29.5 Å². The molecule has 4 aromatic carbocycles. The number of imide groups is 2. The minimum atomic E-state index is -4.79. The zero-order chi connectivity index (χ0) is 47.7. The molecule has 2 aliphatic carbocycles. The van der Waals surface area contributed by atoms with E-state index in [0.29, 0.717) is 44.9 Å². The number of allylic oxidation sites excluding steroid dienone is 2. The summed E-state index contributed by atoms with van der Waals surface area (Å²) < 4.78 is 52.2. The van der Waals surface area contributed by atoms with Crippen LogP contribution in [0.1, 0.15) is 35.4 Å². The number of nitrogens with one attached hydrogen (secondary N) is 1. The average molecular weight is 955 g/mol. The van der Waals surface area contributed by atoms with Crippen molar-refractivity contribution >= 4 is 75.4 Å². The van der Waals surface area contributed by atoms with Crippen LogP contribution in [0.15, 0.2) is 119 Å². The van der Waals surface area contributed by atoms with Gasteiger partial charge in [0.25, 0.3) is 11.8 Å². The summed E-state index contributed by atoms with van der Waals surface area (Å²) in [7, 11) is 6.61. The first-order chi connectivity index (χ1) is 32.0. The number of aromatic hydroxyl groups is 1. The first-order valence-corrected chi connectivity index (χ1v) is 21.7. The van der Waals surface area contributed by atoms with Crippen LogP contribution in [0.3, 0.4) is 0 Å². The summed E-state index contributed by atoms with van der Waals surface area (Å²) >= 11 is 12.7. The van der Waals surface area contributed by atoms with Gasteiger partial charge in [0.15, 0.2) is 5.82 Å². The lowest BCUT2D eigenvalue weighted by Gasteiger charge is -2.50. The van der Waals surface area contributed by atoms with E-state index in [2.05, 4.69) is 20.6 Å². The van der Waals surface area contributed by atoms with Gasteiger partial charge in [-0.25, -0.2) is 4.98 Å². The van der Waals surface area contributed by atoms with Gasteiger partial charge >= 0.3 is 6.18 Å². The maximum Gasteiger partial charge on any atom is 0.417 e. The monoisotopic (exact) mass is 953 g/mol. The second-order valence-corrected chi connectivity index (χ2v) is 17.7. The Labute approximate surface area is 391 Å². The summed E-state index contributed by atoms with van der Waals surface area (Å²) in [4.78, 5) is 67.0. The van der Waals surface area contributed by atoms with Crippen LogP contribution in [0.25, 0.3) is 0 Å². The molecule has 4 amide bonds. The Bertz CT molecular complexity index is 2900. The van der Waals surface area contributed by atoms with Gasteiger partial charge < -0.3 is 19.5 Å². The zero-order valence-electron chi connectivity index (χ0n) is 36.1. The molecular formula is C48H40Cl2F3N7O7. The molecule has 67 heavy (non-hydrogen) atoms. The van der Waals surface area contributed by atoms with E-state index in [0.717, 1.165) is 10.6 Å². The molecule has 344 valence electrons. The summed E-state index contributed by atoms with van der Waals surface area (Å²) in [5.74, 6) is -8.54. The Kier molecular flexibility index (Phi) is 11.5. The normalized spacial score (nSPS) is 23.5. The van der Waals surface area contributed by atoms with E-state index in [1.807, 2.05) is 43.3 Å². The number of fused-ring (bicyclic) bond motifs is 4. The number of aromatic nitrogens is 1. The van der Waals surface area contributed by atoms with Gasteiger partial charge in [0.2, 0.25) is 11.8 Å². The number of phenolic OH excluding ortho intramolecular Hbond substituents is 1. The number of nitrogens with zero attached hydrogens (tertiary/aromatic N) is 6. The fraction of sp³-hybridized carbons (Fsp3) is 0.271. The number of hydrazine groups is 1. The molecule has 1 aromatic heterocycles. The van der Waals surface area contributed by atoms with E-state index < -0.39 is 81.2 Å². The Hall–Kier alpha value is -6.98. The Balaban J connectivity index is 1.14. The maximum atomic E-state index is 15.6. The van der Waals surface area contributed by atoms with Gasteiger partial charge in [0, 0.05) is 54.6 Å². The second-order valence-electron chi connectivity index (χ2n) is 16.8. The molecule has 0 spiro atoms. The van der Waals surface area contributed by atoms with E-state index >= 15 is 9.59 Å². The molecule has 3 fully saturated rings. The lowest BCUT2D eigenvalue weighted by molar-refractivity contribution is -0.139. The van der Waals surface area contributed by atoms with Crippen LogP contribution in [0.5, 0.6) is 17.2 Å². The molecule has 3 heterocycles. The van der Waals surface area contributed by atoms with Crippen molar-refractivity contribution in [2.75, 3.05) is 43.5 Å². The number of anilines is 3. The minimum Gasteiger partial charge on any atom is -0.507 e. The molecule has 2 saturated heterocycles. The van der Waals surface area contributed by atoms with Gasteiger partial charge in [-0.05, 0) is 91.1 Å². The number of pyridine rings is 1. The number of halogens is 5. The number of rotatable bonds is 10. The number of amides is 4. The van der Waals surface area contributed by atoms with Crippen LogP contribution in [0, 0.1) is 23.7 Å². The molecule has 0 unspecified atom stereocenters. The number of ether oxygens (including phenoxy) is 2. The highest BCUT2D eigenvalue weighted by Crippen LogP contribution is 2.66. The topological polar surface area (TPSA) is 166 Å². The van der Waals surface area contributed by atoms with Crippen molar-refractivity contribution in [2.24, 2.45) is 33.9 Å². The largest absolute Gasteiger partial charge is 0.507 e. The van der Waals surface area contributed by atoms with Crippen LogP contribution in [-0.2, 0) is 30.8 Å². The molecule has 2 N–H and O–H groups in total. The number of phenols is 1. The van der Waals surface area contributed by atoms with Crippen LogP contribution in [0.2, 0.25) is 10.0 Å². The van der Waals surface area contributed by atoms with E-state index in [1.54, 1.807) is 42.5 Å². The summed E-state index contributed by atoms with van der Waals surface area (Å²) in [6.07, 6.45) is -2.58. The molecule has 2 aliphatic heterocycles. The molecule has 9 rings (SSSR count). The molecule has 4 aliphatic rings. The molecule has 0 radical (unpaired) electrons. The predicted molar refractivity (Wildman–Crippen MR) is 242 cm³/mol. The number of hydrogen-bond donors (Lipinski definition) is 2. The maximum absolute atomic E-state index is 15.6. The highest BCUT2D eigenvalue weighted by Gasteiger charge is 2.71. The van der Waals surface area contributed by atoms with Gasteiger partial charge in [-0.2, -0.15) is 28.4 Å². The fourth-order valence-corrected chi connectivity index (χ4v) is 10.5. The van der Waals surface area contributed by atoms with E-state index in [1.165, 1.54) is 38.5 Å². The Morgan fingerprint density at radius 2 is 1.51 bits per heavy atom. The highest BCUT2D eigenvalue weighted by atomic mass is 35.5. The third kappa shape index (κ3) is 7.49. The quantitative estimate of drug-likeness (QED) is 0.0782. The fourth-order valence-electron chi connectivity index (χ4n) is 10.1. The van der Waals surface area contributed by atoms with Crippen LogP contribution in [-0.4, -0.2) is 67.0 Å². The highest BCUT2D eigenvalue weighted by molar-refractivity contribution is 6.33. The van der Waals surface area contributed by atoms with Crippen LogP contribution < -0.4 is 24.7 Å². The Morgan fingerprint density at radius 1 is 0.851 bits per heavy atom. The molecule has 1 saturated carbocycles. The van der Waals surface area contributed by atoms with Crippen molar-refractivity contribution in [1.29, 1.82) is 0 Å². The minimum absolute atomic E-state index is 0.0583. The lowest BCUT2D eigenvalue weighted by Crippen LogP contribution is -2.53. The van der Waals surface area contributed by atoms with Crippen molar-refractivity contribution in [1.82, 2.24) is 9.99 Å². The zero-order valence-corrected chi connectivity index (χ0v) is 37.6. The van der Waals surface area contributed by atoms with Crippen LogP contribution >= 0.6 is 23.2 Å². The number of methoxy groups -OCH3 is 2. The number of carbonyl (C=O) groups excluding carboxylic acids is 4. The van der Waals surface area contributed by atoms with Gasteiger partial charge in [0.1, 0.15) is 17.2 Å². The smallest absolute Gasteiger partial charge is 0.417 e. The molecule has 5 aromatic rings. The first-order valence-electron chi connectivity index (χ1n) is 20.9. The van der Waals surface area contributed by atoms with Gasteiger partial charge in [0.05, 0.1) is 65.0 Å². The number of alkyl halides is 3. The number of carbonyl (C=O) groups is 4. The number of benzene rings is 4. The first kappa shape index (κ1) is 45.2. The summed E-state index contributed by atoms with van der Waals surface area (Å²) in [6.45, 7) is 0. The standard InChI is InChI=1S/C48H40Cl2F3N7O7/c1-58(2)29-13-9-27(10-14-29)55-56-28-11-15-30(16-12-28)59-43(62)33-18-17-32-34(39(33)45(59)64)22-35-44(63)60(57-42-36(50)19-25(23-54-42)48(51,52)53)46(65)47(35,24-5-7-26(49)8-6-24)41(32)40-37(61)20-31(66-3)21-38(40)67-4/h5-17,19-21,23,33-35,39,41,61H,18,22H2,1-4H3,(H,54,57)/t33-,34+,35-,39-,41+,47+/m0/s1. The molecule has 19 heteroatoms.